The fraction of sp³-hybridized carbons (Fsp3) is 0.692. The largest absolute Gasteiger partial charge is 0.481 e. The summed E-state index contributed by atoms with van der Waals surface area (Å²) in [5.41, 5.74) is 1.11. The van der Waals surface area contributed by atoms with Crippen LogP contribution in [0.3, 0.4) is 0 Å². The molecule has 0 aliphatic heterocycles. The van der Waals surface area contributed by atoms with Crippen LogP contribution in [0, 0.1) is 13.8 Å². The van der Waals surface area contributed by atoms with Crippen molar-refractivity contribution in [2.45, 2.75) is 52.5 Å². The van der Waals surface area contributed by atoms with E-state index in [2.05, 4.69) is 17.2 Å². The predicted molar refractivity (Wildman–Crippen MR) is 74.1 cm³/mol. The van der Waals surface area contributed by atoms with Gasteiger partial charge in [0.2, 0.25) is 0 Å². The number of hydrogen-bond acceptors (Lipinski definition) is 4. The Hall–Kier alpha value is -0.940. The van der Waals surface area contributed by atoms with Gasteiger partial charge < -0.3 is 10.4 Å². The summed E-state index contributed by atoms with van der Waals surface area (Å²) in [7, 11) is 0. The van der Waals surface area contributed by atoms with Gasteiger partial charge in [0.15, 0.2) is 0 Å². The third kappa shape index (κ3) is 5.14. The van der Waals surface area contributed by atoms with Crippen LogP contribution in [0.25, 0.3) is 0 Å². The van der Waals surface area contributed by atoms with Crippen molar-refractivity contribution in [3.8, 4) is 0 Å². The number of unbranched alkanes of at least 4 members (excludes halogenated alkanes) is 2. The molecule has 0 aliphatic rings. The molecule has 5 heteroatoms. The SMILES string of the molecule is Cc1nc(C)c(C(C)NCCCCCC(=O)O)s1. The number of hydrogen-bond donors (Lipinski definition) is 2. The maximum Gasteiger partial charge on any atom is 0.303 e. The number of thiazole rings is 1. The zero-order valence-electron chi connectivity index (χ0n) is 11.3. The molecule has 0 bridgehead atoms. The van der Waals surface area contributed by atoms with Crippen LogP contribution in [-0.4, -0.2) is 22.6 Å². The summed E-state index contributed by atoms with van der Waals surface area (Å²) in [5.74, 6) is -0.702. The Morgan fingerprint density at radius 2 is 2.11 bits per heavy atom. The molecule has 2 N–H and O–H groups in total. The van der Waals surface area contributed by atoms with E-state index < -0.39 is 5.97 Å². The third-order valence-electron chi connectivity index (χ3n) is 2.85. The van der Waals surface area contributed by atoms with E-state index in [9.17, 15) is 4.79 Å². The lowest BCUT2D eigenvalue weighted by Crippen LogP contribution is -2.19. The van der Waals surface area contributed by atoms with Gasteiger partial charge in [-0.1, -0.05) is 6.42 Å². The average Bonchev–Trinajstić information content (AvgIpc) is 2.62. The minimum absolute atomic E-state index is 0.280. The van der Waals surface area contributed by atoms with Gasteiger partial charge in [0.25, 0.3) is 0 Å². The highest BCUT2D eigenvalue weighted by molar-refractivity contribution is 7.11. The standard InChI is InChI=1S/C13H22N2O2S/c1-9(13-10(2)15-11(3)18-13)14-8-6-4-5-7-12(16)17/h9,14H,4-8H2,1-3H3,(H,16,17). The van der Waals surface area contributed by atoms with Crippen molar-refractivity contribution in [1.82, 2.24) is 10.3 Å². The first-order valence-electron chi connectivity index (χ1n) is 6.40. The van der Waals surface area contributed by atoms with Crippen molar-refractivity contribution in [2.75, 3.05) is 6.54 Å². The molecule has 1 unspecified atom stereocenters. The molecule has 1 rings (SSSR count). The topological polar surface area (TPSA) is 62.2 Å². The smallest absolute Gasteiger partial charge is 0.303 e. The molecule has 0 amide bonds. The van der Waals surface area contributed by atoms with E-state index in [1.807, 2.05) is 13.8 Å². The summed E-state index contributed by atoms with van der Waals surface area (Å²) in [4.78, 5) is 16.1. The maximum atomic E-state index is 10.3. The minimum Gasteiger partial charge on any atom is -0.481 e. The number of carbonyl (C=O) groups is 1. The molecule has 0 fully saturated rings. The lowest BCUT2D eigenvalue weighted by Gasteiger charge is -2.12. The molecule has 102 valence electrons. The highest BCUT2D eigenvalue weighted by atomic mass is 32.1. The number of carboxylic acids is 1. The monoisotopic (exact) mass is 270 g/mol. The number of aryl methyl sites for hydroxylation is 2. The second-order valence-electron chi connectivity index (χ2n) is 4.56. The highest BCUT2D eigenvalue weighted by Crippen LogP contribution is 2.24. The first-order valence-corrected chi connectivity index (χ1v) is 7.21. The lowest BCUT2D eigenvalue weighted by molar-refractivity contribution is -0.137. The average molecular weight is 270 g/mol. The molecule has 0 radical (unpaired) electrons. The molecule has 0 saturated carbocycles. The number of aliphatic carboxylic acids is 1. The van der Waals surface area contributed by atoms with E-state index in [0.29, 0.717) is 6.04 Å². The van der Waals surface area contributed by atoms with E-state index >= 15 is 0 Å². The highest BCUT2D eigenvalue weighted by Gasteiger charge is 2.11. The van der Waals surface area contributed by atoms with Gasteiger partial charge in [-0.3, -0.25) is 4.79 Å². The fourth-order valence-corrected chi connectivity index (χ4v) is 2.89. The molecule has 0 saturated heterocycles. The molecular weight excluding hydrogens is 248 g/mol. The number of nitrogens with zero attached hydrogens (tertiary/aromatic N) is 1. The van der Waals surface area contributed by atoms with Gasteiger partial charge in [-0.15, -0.1) is 11.3 Å². The Kier molecular flexibility index (Phi) is 6.29. The van der Waals surface area contributed by atoms with Gasteiger partial charge in [-0.25, -0.2) is 4.98 Å². The molecule has 0 aliphatic carbocycles. The summed E-state index contributed by atoms with van der Waals surface area (Å²) in [6, 6.07) is 0.329. The van der Waals surface area contributed by atoms with Crippen LogP contribution in [0.4, 0.5) is 0 Å². The van der Waals surface area contributed by atoms with Gasteiger partial charge >= 0.3 is 5.97 Å². The van der Waals surface area contributed by atoms with Crippen molar-refractivity contribution in [1.29, 1.82) is 0 Å². The van der Waals surface area contributed by atoms with E-state index in [-0.39, 0.29) is 6.42 Å². The molecule has 1 heterocycles. The fourth-order valence-electron chi connectivity index (χ4n) is 1.94. The number of aromatic nitrogens is 1. The molecule has 1 aromatic rings. The van der Waals surface area contributed by atoms with E-state index in [4.69, 9.17) is 5.11 Å². The van der Waals surface area contributed by atoms with Gasteiger partial charge in [-0.05, 0) is 40.2 Å². The Labute approximate surface area is 112 Å². The summed E-state index contributed by atoms with van der Waals surface area (Å²) in [6.07, 6.45) is 3.04. The Bertz CT molecular complexity index is 390. The number of carboxylic acid groups (broad SMARTS) is 1. The summed E-state index contributed by atoms with van der Waals surface area (Å²) in [5, 5.41) is 13.1. The first-order chi connectivity index (χ1) is 8.50. The van der Waals surface area contributed by atoms with E-state index in [1.165, 1.54) is 4.88 Å². The summed E-state index contributed by atoms with van der Waals surface area (Å²) < 4.78 is 0. The molecule has 1 atom stereocenters. The number of rotatable bonds is 8. The molecule has 0 spiro atoms. The minimum atomic E-state index is -0.702. The van der Waals surface area contributed by atoms with Gasteiger partial charge in [-0.2, -0.15) is 0 Å². The first kappa shape index (κ1) is 15.1. The van der Waals surface area contributed by atoms with Crippen molar-refractivity contribution in [3.63, 3.8) is 0 Å². The van der Waals surface area contributed by atoms with Crippen molar-refractivity contribution in [2.24, 2.45) is 0 Å². The molecule has 18 heavy (non-hydrogen) atoms. The van der Waals surface area contributed by atoms with Crippen molar-refractivity contribution in [3.05, 3.63) is 15.6 Å². The Morgan fingerprint density at radius 3 is 2.67 bits per heavy atom. The maximum absolute atomic E-state index is 10.3. The van der Waals surface area contributed by atoms with Crippen LogP contribution in [-0.2, 0) is 4.79 Å². The van der Waals surface area contributed by atoms with Crippen molar-refractivity contribution >= 4 is 17.3 Å². The van der Waals surface area contributed by atoms with Crippen LogP contribution in [0.2, 0.25) is 0 Å². The van der Waals surface area contributed by atoms with E-state index in [0.717, 1.165) is 36.5 Å². The zero-order valence-corrected chi connectivity index (χ0v) is 12.1. The van der Waals surface area contributed by atoms with Gasteiger partial charge in [0, 0.05) is 17.3 Å². The van der Waals surface area contributed by atoms with Gasteiger partial charge in [0.1, 0.15) is 0 Å². The normalized spacial score (nSPS) is 12.6. The van der Waals surface area contributed by atoms with Crippen LogP contribution < -0.4 is 5.32 Å². The molecule has 4 nitrogen and oxygen atoms in total. The Morgan fingerprint density at radius 1 is 1.39 bits per heavy atom. The number of nitrogens with one attached hydrogen (secondary N) is 1. The van der Waals surface area contributed by atoms with E-state index in [1.54, 1.807) is 11.3 Å². The summed E-state index contributed by atoms with van der Waals surface area (Å²) in [6.45, 7) is 7.15. The van der Waals surface area contributed by atoms with Crippen LogP contribution in [0.5, 0.6) is 0 Å². The van der Waals surface area contributed by atoms with Crippen molar-refractivity contribution < 1.29 is 9.90 Å². The van der Waals surface area contributed by atoms with Gasteiger partial charge in [0.05, 0.1) is 10.7 Å². The zero-order chi connectivity index (χ0) is 13.5. The molecule has 0 aromatic carbocycles. The van der Waals surface area contributed by atoms with Crippen LogP contribution >= 0.6 is 11.3 Å². The molecule has 1 aromatic heterocycles. The van der Waals surface area contributed by atoms with Crippen LogP contribution in [0.1, 0.15) is 54.2 Å². The Balaban J connectivity index is 2.19. The summed E-state index contributed by atoms with van der Waals surface area (Å²) >= 11 is 1.74. The predicted octanol–water partition coefficient (Wildman–Crippen LogP) is 3.06. The quantitative estimate of drug-likeness (QED) is 0.713. The molecular formula is C13H22N2O2S. The van der Waals surface area contributed by atoms with Crippen LogP contribution in [0.15, 0.2) is 0 Å². The third-order valence-corrected chi connectivity index (χ3v) is 4.11. The second kappa shape index (κ2) is 7.48. The second-order valence-corrected chi connectivity index (χ2v) is 5.80. The lowest BCUT2D eigenvalue weighted by atomic mass is 10.2.